The van der Waals surface area contributed by atoms with Gasteiger partial charge in [0.15, 0.2) is 10.9 Å². The van der Waals surface area contributed by atoms with Crippen LogP contribution in [0.2, 0.25) is 0 Å². The molecule has 0 spiro atoms. The lowest BCUT2D eigenvalue weighted by Gasteiger charge is -2.21. The molecule has 2 aromatic carbocycles. The number of amides is 1. The number of hydrogen-bond acceptors (Lipinski definition) is 7. The van der Waals surface area contributed by atoms with Crippen LogP contribution in [0.5, 0.6) is 0 Å². The highest BCUT2D eigenvalue weighted by Crippen LogP contribution is 2.47. The van der Waals surface area contributed by atoms with E-state index in [2.05, 4.69) is 15.6 Å². The molecule has 2 atom stereocenters. The first-order valence-electron chi connectivity index (χ1n) is 9.83. The predicted molar refractivity (Wildman–Crippen MR) is 122 cm³/mol. The number of carbonyl (C=O) groups excluding carboxylic acids is 1. The Hall–Kier alpha value is -2.71. The molecule has 2 unspecified atom stereocenters. The number of furan rings is 1. The molecule has 162 valence electrons. The maximum atomic E-state index is 12.6. The molecular weight excluding hydrogens is 437 g/mol. The van der Waals surface area contributed by atoms with Crippen LogP contribution in [0, 0.1) is 0 Å². The number of nitrogens with zero attached hydrogens (tertiary/aromatic N) is 1. The molecule has 0 radical (unpaired) electrons. The van der Waals surface area contributed by atoms with Crippen molar-refractivity contribution in [3.8, 4) is 0 Å². The van der Waals surface area contributed by atoms with Crippen molar-refractivity contribution in [2.24, 2.45) is 0 Å². The molecule has 0 aliphatic rings. The number of benzene rings is 2. The Morgan fingerprint density at radius 3 is 2.81 bits per heavy atom. The zero-order valence-corrected chi connectivity index (χ0v) is 18.7. The standard InChI is InChI=1S/C21H22N3O5PS/c1-3-19(30(26,27)28-4-2)24-20(25)17-12-13-11-14(9-10-16(13)29-17)22-21-23-15-7-5-6-8-18(15)31-21/h5-12,19H,3-4H2,1-2H3,(H,22,23)(H,24,25)(H,26,27). The maximum absolute atomic E-state index is 12.6. The highest BCUT2D eigenvalue weighted by Gasteiger charge is 2.32. The van der Waals surface area contributed by atoms with E-state index in [0.717, 1.165) is 26.4 Å². The minimum Gasteiger partial charge on any atom is -0.451 e. The fraction of sp³-hybridized carbons (Fsp3) is 0.238. The fourth-order valence-electron chi connectivity index (χ4n) is 3.19. The highest BCUT2D eigenvalue weighted by atomic mass is 32.1. The van der Waals surface area contributed by atoms with Gasteiger partial charge in [0.25, 0.3) is 5.91 Å². The quantitative estimate of drug-likeness (QED) is 0.299. The van der Waals surface area contributed by atoms with Crippen LogP contribution in [0.15, 0.2) is 52.9 Å². The van der Waals surface area contributed by atoms with Crippen LogP contribution in [0.25, 0.3) is 21.2 Å². The number of carbonyl (C=O) groups is 1. The maximum Gasteiger partial charge on any atom is 0.350 e. The van der Waals surface area contributed by atoms with Crippen molar-refractivity contribution in [1.82, 2.24) is 10.3 Å². The number of nitrogens with one attached hydrogen (secondary N) is 2. The fourth-order valence-corrected chi connectivity index (χ4v) is 5.37. The lowest BCUT2D eigenvalue weighted by atomic mass is 10.2. The summed E-state index contributed by atoms with van der Waals surface area (Å²) in [6.45, 7) is 3.40. The molecule has 10 heteroatoms. The van der Waals surface area contributed by atoms with Gasteiger partial charge in [-0.3, -0.25) is 9.36 Å². The summed E-state index contributed by atoms with van der Waals surface area (Å²) in [5, 5.41) is 7.31. The van der Waals surface area contributed by atoms with Gasteiger partial charge in [-0.15, -0.1) is 0 Å². The molecule has 4 rings (SSSR count). The molecule has 0 bridgehead atoms. The van der Waals surface area contributed by atoms with Crippen LogP contribution in [-0.4, -0.2) is 28.2 Å². The predicted octanol–water partition coefficient (Wildman–Crippen LogP) is 5.47. The van der Waals surface area contributed by atoms with Gasteiger partial charge in [0.2, 0.25) is 0 Å². The zero-order valence-electron chi connectivity index (χ0n) is 17.0. The van der Waals surface area contributed by atoms with Crippen molar-refractivity contribution in [3.05, 3.63) is 54.3 Å². The molecule has 8 nitrogen and oxygen atoms in total. The highest BCUT2D eigenvalue weighted by molar-refractivity contribution is 7.53. The summed E-state index contributed by atoms with van der Waals surface area (Å²) in [7, 11) is -3.96. The Morgan fingerprint density at radius 2 is 2.06 bits per heavy atom. The Bertz CT molecular complexity index is 1250. The Kier molecular flexibility index (Phi) is 6.11. The molecule has 0 saturated carbocycles. The topological polar surface area (TPSA) is 114 Å². The number of fused-ring (bicyclic) bond motifs is 2. The van der Waals surface area contributed by atoms with E-state index in [1.165, 1.54) is 0 Å². The summed E-state index contributed by atoms with van der Waals surface area (Å²) in [6.07, 6.45) is 0.246. The van der Waals surface area contributed by atoms with Gasteiger partial charge in [0, 0.05) is 11.1 Å². The van der Waals surface area contributed by atoms with E-state index >= 15 is 0 Å². The molecular formula is C21H22N3O5PS. The number of hydrogen-bond donors (Lipinski definition) is 3. The third-order valence-electron chi connectivity index (χ3n) is 4.68. The van der Waals surface area contributed by atoms with Crippen LogP contribution in [0.4, 0.5) is 10.8 Å². The van der Waals surface area contributed by atoms with Crippen LogP contribution < -0.4 is 10.6 Å². The van der Waals surface area contributed by atoms with Gasteiger partial charge >= 0.3 is 7.60 Å². The molecule has 3 N–H and O–H groups in total. The Balaban J connectivity index is 1.52. The molecule has 1 amide bonds. The Morgan fingerprint density at radius 1 is 1.26 bits per heavy atom. The summed E-state index contributed by atoms with van der Waals surface area (Å²) >= 11 is 1.55. The average Bonchev–Trinajstić information content (AvgIpc) is 3.34. The molecule has 4 aromatic rings. The van der Waals surface area contributed by atoms with Gasteiger partial charge in [0.1, 0.15) is 11.4 Å². The molecule has 2 aromatic heterocycles. The van der Waals surface area contributed by atoms with Crippen molar-refractivity contribution < 1.29 is 23.2 Å². The SMILES string of the molecule is CCOP(=O)(O)C(CC)NC(=O)c1cc2cc(Nc3nc4ccccc4s3)ccc2o1. The van der Waals surface area contributed by atoms with Crippen LogP contribution in [0.3, 0.4) is 0 Å². The third-order valence-corrected chi connectivity index (χ3v) is 7.54. The minimum absolute atomic E-state index is 0.0575. The molecule has 31 heavy (non-hydrogen) atoms. The smallest absolute Gasteiger partial charge is 0.350 e. The van der Waals surface area contributed by atoms with Gasteiger partial charge < -0.3 is 24.5 Å². The van der Waals surface area contributed by atoms with Crippen molar-refractivity contribution in [2.75, 3.05) is 11.9 Å². The van der Waals surface area contributed by atoms with Crippen molar-refractivity contribution >= 4 is 56.8 Å². The van der Waals surface area contributed by atoms with Crippen molar-refractivity contribution in [3.63, 3.8) is 0 Å². The van der Waals surface area contributed by atoms with Gasteiger partial charge in [0.05, 0.1) is 16.8 Å². The van der Waals surface area contributed by atoms with E-state index in [4.69, 9.17) is 8.94 Å². The third kappa shape index (κ3) is 4.65. The number of anilines is 2. The molecule has 0 saturated heterocycles. The first kappa shape index (κ1) is 21.5. The van der Waals surface area contributed by atoms with E-state index in [9.17, 15) is 14.3 Å². The van der Waals surface area contributed by atoms with Crippen LogP contribution in [-0.2, 0) is 9.09 Å². The largest absolute Gasteiger partial charge is 0.451 e. The summed E-state index contributed by atoms with van der Waals surface area (Å²) in [5.41, 5.74) is 2.27. The first-order valence-corrected chi connectivity index (χ1v) is 12.3. The summed E-state index contributed by atoms with van der Waals surface area (Å²) in [4.78, 5) is 27.2. The summed E-state index contributed by atoms with van der Waals surface area (Å²) < 4.78 is 23.9. The van der Waals surface area contributed by atoms with E-state index in [-0.39, 0.29) is 18.8 Å². The second-order valence-electron chi connectivity index (χ2n) is 6.85. The van der Waals surface area contributed by atoms with Gasteiger partial charge in [-0.25, -0.2) is 4.98 Å². The van der Waals surface area contributed by atoms with E-state index in [0.29, 0.717) is 5.58 Å². The zero-order chi connectivity index (χ0) is 22.0. The molecule has 2 heterocycles. The monoisotopic (exact) mass is 459 g/mol. The minimum atomic E-state index is -3.96. The van der Waals surface area contributed by atoms with Crippen molar-refractivity contribution in [1.29, 1.82) is 0 Å². The molecule has 0 aliphatic heterocycles. The van der Waals surface area contributed by atoms with Crippen LogP contribution in [0.1, 0.15) is 30.8 Å². The van der Waals surface area contributed by atoms with E-state index in [1.54, 1.807) is 37.3 Å². The van der Waals surface area contributed by atoms with E-state index in [1.807, 2.05) is 36.4 Å². The number of rotatable bonds is 8. The Labute approximate surface area is 182 Å². The number of thiazole rings is 1. The molecule has 0 aliphatic carbocycles. The van der Waals surface area contributed by atoms with Gasteiger partial charge in [-0.2, -0.15) is 0 Å². The lowest BCUT2D eigenvalue weighted by Crippen LogP contribution is -2.34. The van der Waals surface area contributed by atoms with Gasteiger partial charge in [-0.05, 0) is 49.7 Å². The molecule has 0 fully saturated rings. The summed E-state index contributed by atoms with van der Waals surface area (Å²) in [6, 6.07) is 15.0. The first-order chi connectivity index (χ1) is 14.9. The summed E-state index contributed by atoms with van der Waals surface area (Å²) in [5.74, 6) is -1.52. The average molecular weight is 459 g/mol. The second kappa shape index (κ2) is 8.80. The van der Waals surface area contributed by atoms with Crippen molar-refractivity contribution in [2.45, 2.75) is 26.1 Å². The second-order valence-corrected chi connectivity index (χ2v) is 9.89. The number of para-hydroxylation sites is 1. The van der Waals surface area contributed by atoms with Crippen LogP contribution >= 0.6 is 18.9 Å². The van der Waals surface area contributed by atoms with E-state index < -0.39 is 19.3 Å². The normalized spacial score (nSPS) is 14.4. The van der Waals surface area contributed by atoms with Gasteiger partial charge in [-0.1, -0.05) is 30.4 Å². The lowest BCUT2D eigenvalue weighted by molar-refractivity contribution is 0.0914. The number of aromatic nitrogens is 1.